The van der Waals surface area contributed by atoms with E-state index in [1.165, 1.54) is 12.1 Å². The van der Waals surface area contributed by atoms with Crippen LogP contribution in [-0.2, 0) is 9.84 Å². The van der Waals surface area contributed by atoms with E-state index >= 15 is 0 Å². The number of nitrogens with zero attached hydrogens (tertiary/aromatic N) is 2. The zero-order valence-corrected chi connectivity index (χ0v) is 11.4. The van der Waals surface area contributed by atoms with E-state index in [-0.39, 0.29) is 29.6 Å². The number of hydrogen-bond donors (Lipinski definition) is 3. The van der Waals surface area contributed by atoms with E-state index in [2.05, 4.69) is 15.7 Å². The minimum Gasteiger partial charge on any atom is -0.368 e. The lowest BCUT2D eigenvalue weighted by Crippen LogP contribution is -2.25. The predicted octanol–water partition coefficient (Wildman–Crippen LogP) is 0.264. The molecule has 1 aliphatic rings. The monoisotopic (exact) mass is 301 g/mol. The lowest BCUT2D eigenvalue weighted by molar-refractivity contribution is -0.384. The second-order valence-corrected chi connectivity index (χ2v) is 6.91. The molecule has 1 aromatic rings. The second-order valence-electron chi connectivity index (χ2n) is 4.51. The SMILES string of the molecule is NNc1cc([N+](=O)[O-])cc(NCC2CCCS2(=O)=O)n1. The number of hydrazine groups is 1. The normalized spacial score (nSPS) is 20.6. The maximum Gasteiger partial charge on any atom is 0.276 e. The highest BCUT2D eigenvalue weighted by Crippen LogP contribution is 2.23. The van der Waals surface area contributed by atoms with Crippen molar-refractivity contribution in [1.29, 1.82) is 0 Å². The van der Waals surface area contributed by atoms with Crippen molar-refractivity contribution in [3.05, 3.63) is 22.2 Å². The molecule has 1 fully saturated rings. The number of nitrogens with two attached hydrogens (primary N) is 1. The Morgan fingerprint density at radius 3 is 2.70 bits per heavy atom. The molecule has 1 aromatic heterocycles. The van der Waals surface area contributed by atoms with Crippen molar-refractivity contribution >= 4 is 27.2 Å². The van der Waals surface area contributed by atoms with Crippen LogP contribution in [0, 0.1) is 10.1 Å². The summed E-state index contributed by atoms with van der Waals surface area (Å²) >= 11 is 0. The number of nitro groups is 1. The predicted molar refractivity (Wildman–Crippen MR) is 74.0 cm³/mol. The maximum atomic E-state index is 11.7. The molecule has 0 aromatic carbocycles. The number of pyridine rings is 1. The topological polar surface area (TPSA) is 140 Å². The Labute approximate surface area is 115 Å². The molecule has 0 bridgehead atoms. The molecule has 10 heteroatoms. The molecule has 0 radical (unpaired) electrons. The van der Waals surface area contributed by atoms with Crippen molar-refractivity contribution in [2.24, 2.45) is 5.84 Å². The fraction of sp³-hybridized carbons (Fsp3) is 0.500. The van der Waals surface area contributed by atoms with Gasteiger partial charge in [0.15, 0.2) is 9.84 Å². The third kappa shape index (κ3) is 3.14. The molecular formula is C10H15N5O4S. The first-order chi connectivity index (χ1) is 9.42. The molecule has 1 unspecified atom stereocenters. The molecule has 4 N–H and O–H groups in total. The number of aromatic nitrogens is 1. The number of anilines is 2. The average Bonchev–Trinajstić information content (AvgIpc) is 2.74. The van der Waals surface area contributed by atoms with Crippen LogP contribution in [0.1, 0.15) is 12.8 Å². The molecule has 2 rings (SSSR count). The van der Waals surface area contributed by atoms with E-state index in [0.717, 1.165) is 0 Å². The Morgan fingerprint density at radius 2 is 2.15 bits per heavy atom. The Bertz CT molecular complexity index is 618. The molecule has 1 aliphatic heterocycles. The first kappa shape index (κ1) is 14.5. The van der Waals surface area contributed by atoms with Crippen LogP contribution in [0.15, 0.2) is 12.1 Å². The van der Waals surface area contributed by atoms with E-state index < -0.39 is 20.0 Å². The number of nitrogen functional groups attached to an aromatic ring is 1. The summed E-state index contributed by atoms with van der Waals surface area (Å²) in [6.07, 6.45) is 1.24. The standard InChI is InChI=1S/C10H15N5O4S/c11-14-10-5-7(15(16)17)4-9(13-10)12-6-8-2-1-3-20(8,18)19/h4-5,8H,1-3,6,11H2,(H2,12,13,14). The van der Waals surface area contributed by atoms with Crippen LogP contribution < -0.4 is 16.6 Å². The highest BCUT2D eigenvalue weighted by atomic mass is 32.2. The summed E-state index contributed by atoms with van der Waals surface area (Å²) in [5.74, 6) is 5.73. The summed E-state index contributed by atoms with van der Waals surface area (Å²) in [4.78, 5) is 14.2. The summed E-state index contributed by atoms with van der Waals surface area (Å²) in [5.41, 5.74) is 2.06. The van der Waals surface area contributed by atoms with Gasteiger partial charge in [-0.05, 0) is 12.8 Å². The minimum absolute atomic E-state index is 0.135. The van der Waals surface area contributed by atoms with Gasteiger partial charge in [-0.1, -0.05) is 0 Å². The largest absolute Gasteiger partial charge is 0.368 e. The Kier molecular flexibility index (Phi) is 4.04. The molecule has 0 amide bonds. The fourth-order valence-corrected chi connectivity index (χ4v) is 3.86. The zero-order valence-electron chi connectivity index (χ0n) is 10.6. The second kappa shape index (κ2) is 5.59. The Hall–Kier alpha value is -1.94. The van der Waals surface area contributed by atoms with Gasteiger partial charge in [-0.2, -0.15) is 0 Å². The lowest BCUT2D eigenvalue weighted by atomic mass is 10.2. The van der Waals surface area contributed by atoms with Crippen molar-refractivity contribution in [2.75, 3.05) is 23.0 Å². The van der Waals surface area contributed by atoms with Crippen LogP contribution >= 0.6 is 0 Å². The van der Waals surface area contributed by atoms with Gasteiger partial charge in [-0.3, -0.25) is 10.1 Å². The smallest absolute Gasteiger partial charge is 0.276 e. The molecule has 1 saturated heterocycles. The van der Waals surface area contributed by atoms with Crippen molar-refractivity contribution < 1.29 is 13.3 Å². The van der Waals surface area contributed by atoms with E-state index in [0.29, 0.717) is 12.8 Å². The Morgan fingerprint density at radius 1 is 1.45 bits per heavy atom. The molecular weight excluding hydrogens is 286 g/mol. The molecule has 9 nitrogen and oxygen atoms in total. The van der Waals surface area contributed by atoms with Gasteiger partial charge in [-0.25, -0.2) is 19.2 Å². The van der Waals surface area contributed by atoms with Crippen molar-refractivity contribution in [3.8, 4) is 0 Å². The lowest BCUT2D eigenvalue weighted by Gasteiger charge is -2.12. The summed E-state index contributed by atoms with van der Waals surface area (Å²) in [7, 11) is -3.06. The van der Waals surface area contributed by atoms with Gasteiger partial charge in [0, 0.05) is 6.54 Å². The van der Waals surface area contributed by atoms with Crippen LogP contribution in [0.3, 0.4) is 0 Å². The minimum atomic E-state index is -3.06. The number of rotatable bonds is 5. The number of sulfone groups is 1. The van der Waals surface area contributed by atoms with Crippen molar-refractivity contribution in [3.63, 3.8) is 0 Å². The van der Waals surface area contributed by atoms with Crippen LogP contribution in [0.2, 0.25) is 0 Å². The van der Waals surface area contributed by atoms with E-state index in [1.807, 2.05) is 0 Å². The highest BCUT2D eigenvalue weighted by molar-refractivity contribution is 7.92. The van der Waals surface area contributed by atoms with Crippen LogP contribution in [-0.4, -0.2) is 35.9 Å². The fourth-order valence-electron chi connectivity index (χ4n) is 2.09. The average molecular weight is 301 g/mol. The van der Waals surface area contributed by atoms with E-state index in [9.17, 15) is 18.5 Å². The highest BCUT2D eigenvalue weighted by Gasteiger charge is 2.31. The van der Waals surface area contributed by atoms with Gasteiger partial charge in [0.25, 0.3) is 5.69 Å². The number of nitrogens with one attached hydrogen (secondary N) is 2. The Balaban J connectivity index is 2.13. The van der Waals surface area contributed by atoms with E-state index in [4.69, 9.17) is 5.84 Å². The van der Waals surface area contributed by atoms with E-state index in [1.54, 1.807) is 0 Å². The molecule has 110 valence electrons. The van der Waals surface area contributed by atoms with Crippen molar-refractivity contribution in [2.45, 2.75) is 18.1 Å². The summed E-state index contributed by atoms with van der Waals surface area (Å²) < 4.78 is 23.4. The summed E-state index contributed by atoms with van der Waals surface area (Å²) in [5, 5.41) is 13.1. The first-order valence-corrected chi connectivity index (χ1v) is 7.72. The molecule has 0 saturated carbocycles. The molecule has 2 heterocycles. The first-order valence-electron chi connectivity index (χ1n) is 6.01. The van der Waals surface area contributed by atoms with Gasteiger partial charge < -0.3 is 10.7 Å². The van der Waals surface area contributed by atoms with Gasteiger partial charge in [0.05, 0.1) is 28.1 Å². The summed E-state index contributed by atoms with van der Waals surface area (Å²) in [6.45, 7) is 0.181. The zero-order chi connectivity index (χ0) is 14.8. The quantitative estimate of drug-likeness (QED) is 0.399. The molecule has 0 spiro atoms. The third-order valence-electron chi connectivity index (χ3n) is 3.14. The third-order valence-corrected chi connectivity index (χ3v) is 5.42. The molecule has 0 aliphatic carbocycles. The molecule has 20 heavy (non-hydrogen) atoms. The van der Waals surface area contributed by atoms with Gasteiger partial charge >= 0.3 is 0 Å². The van der Waals surface area contributed by atoms with Gasteiger partial charge in [0.1, 0.15) is 11.6 Å². The van der Waals surface area contributed by atoms with Crippen LogP contribution in [0.4, 0.5) is 17.3 Å². The number of hydrogen-bond acceptors (Lipinski definition) is 8. The van der Waals surface area contributed by atoms with Gasteiger partial charge in [-0.15, -0.1) is 0 Å². The van der Waals surface area contributed by atoms with Crippen LogP contribution in [0.5, 0.6) is 0 Å². The van der Waals surface area contributed by atoms with Gasteiger partial charge in [0.2, 0.25) is 0 Å². The summed E-state index contributed by atoms with van der Waals surface area (Å²) in [6, 6.07) is 2.43. The molecule has 1 atom stereocenters. The maximum absolute atomic E-state index is 11.7. The van der Waals surface area contributed by atoms with Crippen molar-refractivity contribution in [1.82, 2.24) is 4.98 Å². The van der Waals surface area contributed by atoms with Crippen LogP contribution in [0.25, 0.3) is 0 Å².